The van der Waals surface area contributed by atoms with E-state index in [4.69, 9.17) is 28.9 Å². The molecule has 1 atom stereocenters. The van der Waals surface area contributed by atoms with Gasteiger partial charge in [-0.3, -0.25) is 9.59 Å². The molecule has 25 heavy (non-hydrogen) atoms. The highest BCUT2D eigenvalue weighted by Crippen LogP contribution is 2.29. The third kappa shape index (κ3) is 5.18. The minimum Gasteiger partial charge on any atom is -0.368 e. The average molecular weight is 380 g/mol. The largest absolute Gasteiger partial charge is 0.368 e. The number of nitrogens with zero attached hydrogens (tertiary/aromatic N) is 1. The Morgan fingerprint density at radius 3 is 2.56 bits per heavy atom. The third-order valence-electron chi connectivity index (χ3n) is 3.58. The van der Waals surface area contributed by atoms with Crippen LogP contribution in [0.25, 0.3) is 11.1 Å². The molecule has 0 fully saturated rings. The van der Waals surface area contributed by atoms with Crippen molar-refractivity contribution in [2.45, 2.75) is 26.3 Å². The fraction of sp³-hybridized carbons (Fsp3) is 0.278. The summed E-state index contributed by atoms with van der Waals surface area (Å²) in [6.07, 6.45) is 1.85. The molecule has 1 aromatic carbocycles. The Bertz CT molecular complexity index is 794. The maximum absolute atomic E-state index is 12.5. The Balaban J connectivity index is 2.29. The molecule has 0 bridgehead atoms. The summed E-state index contributed by atoms with van der Waals surface area (Å²) >= 11 is 12.2. The van der Waals surface area contributed by atoms with Crippen LogP contribution in [0.5, 0.6) is 0 Å². The van der Waals surface area contributed by atoms with Crippen LogP contribution in [0.3, 0.4) is 0 Å². The number of pyridine rings is 1. The van der Waals surface area contributed by atoms with E-state index in [2.05, 4.69) is 10.3 Å². The smallest absolute Gasteiger partial charge is 0.270 e. The van der Waals surface area contributed by atoms with E-state index in [-0.39, 0.29) is 11.6 Å². The van der Waals surface area contributed by atoms with Crippen LogP contribution >= 0.6 is 23.2 Å². The third-order valence-corrected chi connectivity index (χ3v) is 4.12. The molecule has 3 N–H and O–H groups in total. The highest BCUT2D eigenvalue weighted by molar-refractivity contribution is 6.33. The Hall–Kier alpha value is -2.11. The summed E-state index contributed by atoms with van der Waals surface area (Å²) in [7, 11) is 0. The van der Waals surface area contributed by atoms with Crippen molar-refractivity contribution >= 4 is 35.0 Å². The predicted octanol–water partition coefficient (Wildman–Crippen LogP) is 3.69. The number of amides is 2. The van der Waals surface area contributed by atoms with Crippen molar-refractivity contribution in [3.05, 3.63) is 52.3 Å². The van der Waals surface area contributed by atoms with Crippen LogP contribution in [0, 0.1) is 5.92 Å². The van der Waals surface area contributed by atoms with E-state index in [9.17, 15) is 9.59 Å². The summed E-state index contributed by atoms with van der Waals surface area (Å²) in [4.78, 5) is 28.0. The van der Waals surface area contributed by atoms with Crippen LogP contribution in [0.4, 0.5) is 0 Å². The summed E-state index contributed by atoms with van der Waals surface area (Å²) in [6.45, 7) is 3.89. The first-order chi connectivity index (χ1) is 11.8. The molecule has 0 unspecified atom stereocenters. The highest BCUT2D eigenvalue weighted by Gasteiger charge is 2.21. The first-order valence-corrected chi connectivity index (χ1v) is 8.55. The fourth-order valence-corrected chi connectivity index (χ4v) is 2.79. The molecule has 0 aliphatic rings. The van der Waals surface area contributed by atoms with Crippen LogP contribution in [-0.2, 0) is 4.79 Å². The van der Waals surface area contributed by atoms with E-state index in [0.29, 0.717) is 22.0 Å². The van der Waals surface area contributed by atoms with Gasteiger partial charge in [0.05, 0.1) is 5.02 Å². The van der Waals surface area contributed by atoms with E-state index < -0.39 is 17.9 Å². The average Bonchev–Trinajstić information content (AvgIpc) is 2.54. The minimum atomic E-state index is -0.750. The molecule has 0 radical (unpaired) electrons. The molecule has 0 saturated heterocycles. The number of benzene rings is 1. The number of hydrogen-bond acceptors (Lipinski definition) is 3. The topological polar surface area (TPSA) is 85.1 Å². The Morgan fingerprint density at radius 1 is 1.24 bits per heavy atom. The second-order valence-corrected chi connectivity index (χ2v) is 6.96. The molecule has 132 valence electrons. The molecular formula is C18H19Cl2N3O2. The molecule has 0 aliphatic heterocycles. The van der Waals surface area contributed by atoms with Crippen molar-refractivity contribution in [1.82, 2.24) is 10.3 Å². The number of nitrogens with two attached hydrogens (primary N) is 1. The number of carbonyl (C=O) groups excluding carboxylic acids is 2. The first kappa shape index (κ1) is 19.2. The molecule has 1 aromatic heterocycles. The number of rotatable bonds is 6. The van der Waals surface area contributed by atoms with Gasteiger partial charge in [0.25, 0.3) is 5.91 Å². The summed E-state index contributed by atoms with van der Waals surface area (Å²) in [5.41, 5.74) is 6.91. The van der Waals surface area contributed by atoms with E-state index in [1.807, 2.05) is 19.9 Å². The van der Waals surface area contributed by atoms with Crippen molar-refractivity contribution in [3.63, 3.8) is 0 Å². The van der Waals surface area contributed by atoms with Gasteiger partial charge < -0.3 is 11.1 Å². The lowest BCUT2D eigenvalue weighted by Gasteiger charge is -2.17. The number of primary amides is 1. The number of aromatic nitrogens is 1. The Labute approximate surface area is 156 Å². The lowest BCUT2D eigenvalue weighted by Crippen LogP contribution is -2.45. The first-order valence-electron chi connectivity index (χ1n) is 7.79. The maximum Gasteiger partial charge on any atom is 0.270 e. The molecule has 0 saturated carbocycles. The van der Waals surface area contributed by atoms with Gasteiger partial charge in [0.15, 0.2) is 0 Å². The SMILES string of the molecule is CC(C)C[C@H](NC(=O)c1cc(-c2cccc(Cl)c2)c(Cl)cn1)C(N)=O. The Morgan fingerprint density at radius 2 is 1.96 bits per heavy atom. The van der Waals surface area contributed by atoms with Crippen LogP contribution in [0.15, 0.2) is 36.5 Å². The molecule has 2 aromatic rings. The van der Waals surface area contributed by atoms with Gasteiger partial charge in [-0.05, 0) is 36.1 Å². The molecule has 2 amide bonds. The maximum atomic E-state index is 12.5. The normalized spacial score (nSPS) is 12.0. The number of halogens is 2. The van der Waals surface area contributed by atoms with E-state index >= 15 is 0 Å². The van der Waals surface area contributed by atoms with Crippen LogP contribution in [0.1, 0.15) is 30.8 Å². The van der Waals surface area contributed by atoms with Crippen molar-refractivity contribution in [2.24, 2.45) is 11.7 Å². The predicted molar refractivity (Wildman–Crippen MR) is 99.6 cm³/mol. The quantitative estimate of drug-likeness (QED) is 0.802. The summed E-state index contributed by atoms with van der Waals surface area (Å²) in [5.74, 6) is -0.853. The van der Waals surface area contributed by atoms with Gasteiger partial charge in [-0.25, -0.2) is 4.98 Å². The summed E-state index contributed by atoms with van der Waals surface area (Å²) < 4.78 is 0. The molecular weight excluding hydrogens is 361 g/mol. The van der Waals surface area contributed by atoms with E-state index in [1.54, 1.807) is 24.3 Å². The lowest BCUT2D eigenvalue weighted by molar-refractivity contribution is -0.120. The van der Waals surface area contributed by atoms with Gasteiger partial charge in [-0.1, -0.05) is 49.2 Å². The second kappa shape index (κ2) is 8.32. The molecule has 0 aliphatic carbocycles. The molecule has 2 rings (SSSR count). The van der Waals surface area contributed by atoms with Crippen LogP contribution in [-0.4, -0.2) is 22.8 Å². The van der Waals surface area contributed by atoms with Crippen LogP contribution in [0.2, 0.25) is 10.0 Å². The van der Waals surface area contributed by atoms with Crippen molar-refractivity contribution in [1.29, 1.82) is 0 Å². The van der Waals surface area contributed by atoms with Gasteiger partial charge in [0.2, 0.25) is 5.91 Å². The fourth-order valence-electron chi connectivity index (χ4n) is 2.39. The van der Waals surface area contributed by atoms with Gasteiger partial charge >= 0.3 is 0 Å². The zero-order valence-corrected chi connectivity index (χ0v) is 15.4. The minimum absolute atomic E-state index is 0.148. The second-order valence-electron chi connectivity index (χ2n) is 6.12. The Kier molecular flexibility index (Phi) is 6.39. The van der Waals surface area contributed by atoms with Gasteiger partial charge in [0.1, 0.15) is 11.7 Å². The monoisotopic (exact) mass is 379 g/mol. The van der Waals surface area contributed by atoms with E-state index in [0.717, 1.165) is 5.56 Å². The molecule has 5 nitrogen and oxygen atoms in total. The van der Waals surface area contributed by atoms with Gasteiger partial charge in [-0.15, -0.1) is 0 Å². The lowest BCUT2D eigenvalue weighted by atomic mass is 10.0. The van der Waals surface area contributed by atoms with Gasteiger partial charge in [-0.2, -0.15) is 0 Å². The number of nitrogens with one attached hydrogen (secondary N) is 1. The van der Waals surface area contributed by atoms with Crippen molar-refractivity contribution < 1.29 is 9.59 Å². The molecule has 7 heteroatoms. The van der Waals surface area contributed by atoms with Crippen molar-refractivity contribution in [3.8, 4) is 11.1 Å². The van der Waals surface area contributed by atoms with Crippen molar-refractivity contribution in [2.75, 3.05) is 0 Å². The zero-order valence-electron chi connectivity index (χ0n) is 13.9. The number of carbonyl (C=O) groups is 2. The molecule has 1 heterocycles. The summed E-state index contributed by atoms with van der Waals surface area (Å²) in [5, 5.41) is 3.58. The standard InChI is InChI=1S/C18H19Cl2N3O2/c1-10(2)6-15(17(21)24)23-18(25)16-8-13(14(20)9-22-16)11-4-3-5-12(19)7-11/h3-5,7-10,15H,6H2,1-2H3,(H2,21,24)(H,23,25)/t15-/m0/s1. The zero-order chi connectivity index (χ0) is 18.6. The van der Waals surface area contributed by atoms with Gasteiger partial charge in [0, 0.05) is 16.8 Å². The van der Waals surface area contributed by atoms with E-state index in [1.165, 1.54) is 6.20 Å². The summed E-state index contributed by atoms with van der Waals surface area (Å²) in [6, 6.07) is 7.93. The number of hydrogen-bond donors (Lipinski definition) is 2. The molecule has 0 spiro atoms. The highest BCUT2D eigenvalue weighted by atomic mass is 35.5. The van der Waals surface area contributed by atoms with Crippen LogP contribution < -0.4 is 11.1 Å².